The lowest BCUT2D eigenvalue weighted by molar-refractivity contribution is -0.114. The van der Waals surface area contributed by atoms with Crippen molar-refractivity contribution in [2.75, 3.05) is 37.3 Å². The van der Waals surface area contributed by atoms with Crippen LogP contribution in [-0.4, -0.2) is 57.2 Å². The van der Waals surface area contributed by atoms with Crippen molar-refractivity contribution in [3.63, 3.8) is 0 Å². The molecule has 0 atom stereocenters. The van der Waals surface area contributed by atoms with Crippen molar-refractivity contribution in [2.24, 2.45) is 0 Å². The fourth-order valence-corrected chi connectivity index (χ4v) is 5.78. The third kappa shape index (κ3) is 3.91. The van der Waals surface area contributed by atoms with Crippen LogP contribution in [0.25, 0.3) is 21.8 Å². The topological polar surface area (TPSA) is 88.0 Å². The third-order valence-corrected chi connectivity index (χ3v) is 7.26. The number of carbonyl (C=O) groups is 1. The van der Waals surface area contributed by atoms with Gasteiger partial charge in [-0.2, -0.15) is 5.10 Å². The second-order valence-corrected chi connectivity index (χ2v) is 9.59. The number of amides is 1. The molecule has 0 radical (unpaired) electrons. The monoisotopic (exact) mass is 451 g/mol. The minimum atomic E-state index is -0.0901. The Morgan fingerprint density at radius 3 is 2.75 bits per heavy atom. The van der Waals surface area contributed by atoms with Crippen LogP contribution < -0.4 is 10.6 Å². The Morgan fingerprint density at radius 1 is 1.25 bits per heavy atom. The predicted molar refractivity (Wildman–Crippen MR) is 128 cm³/mol. The summed E-state index contributed by atoms with van der Waals surface area (Å²) in [5.74, 6) is 0.789. The number of hydrogen-bond acceptors (Lipinski definition) is 7. The summed E-state index contributed by atoms with van der Waals surface area (Å²) in [6.45, 7) is 6.58. The molecule has 8 nitrogen and oxygen atoms in total. The van der Waals surface area contributed by atoms with E-state index >= 15 is 0 Å². The van der Waals surface area contributed by atoms with Gasteiger partial charge in [0.05, 0.1) is 28.0 Å². The fraction of sp³-hybridized carbons (Fsp3) is 0.478. The molecule has 168 valence electrons. The van der Waals surface area contributed by atoms with E-state index in [1.165, 1.54) is 18.2 Å². The molecule has 0 aromatic carbocycles. The lowest BCUT2D eigenvalue weighted by Crippen LogP contribution is -2.32. The summed E-state index contributed by atoms with van der Waals surface area (Å²) >= 11 is 1.56. The first kappa shape index (κ1) is 21.1. The Bertz CT molecular complexity index is 1130. The molecule has 1 aliphatic carbocycles. The zero-order valence-corrected chi connectivity index (χ0v) is 19.6. The van der Waals surface area contributed by atoms with Crippen molar-refractivity contribution >= 4 is 28.2 Å². The van der Waals surface area contributed by atoms with E-state index in [1.807, 2.05) is 12.3 Å². The van der Waals surface area contributed by atoms with E-state index in [0.29, 0.717) is 11.2 Å². The molecule has 3 aromatic rings. The van der Waals surface area contributed by atoms with Crippen LogP contribution in [0, 0.1) is 0 Å². The van der Waals surface area contributed by atoms with E-state index < -0.39 is 0 Å². The number of anilines is 2. The van der Waals surface area contributed by atoms with Gasteiger partial charge in [0.15, 0.2) is 5.13 Å². The normalized spacial score (nSPS) is 16.5. The summed E-state index contributed by atoms with van der Waals surface area (Å²) in [5.41, 5.74) is 5.58. The van der Waals surface area contributed by atoms with E-state index in [-0.39, 0.29) is 5.91 Å². The van der Waals surface area contributed by atoms with Gasteiger partial charge in [0.1, 0.15) is 5.82 Å². The molecule has 32 heavy (non-hydrogen) atoms. The molecule has 2 N–H and O–H groups in total. The number of hydrogen-bond donors (Lipinski definition) is 2. The van der Waals surface area contributed by atoms with Crippen molar-refractivity contribution in [1.29, 1.82) is 0 Å². The summed E-state index contributed by atoms with van der Waals surface area (Å²) in [7, 11) is 2.18. The first-order valence-electron chi connectivity index (χ1n) is 11.3. The van der Waals surface area contributed by atoms with Gasteiger partial charge in [0, 0.05) is 30.8 Å². The molecule has 0 unspecified atom stereocenters. The minimum Gasteiger partial charge on any atom is -0.370 e. The molecular formula is C23H29N7OS. The lowest BCUT2D eigenvalue weighted by Gasteiger charge is -2.30. The Labute approximate surface area is 192 Å². The van der Waals surface area contributed by atoms with Gasteiger partial charge < -0.3 is 15.5 Å². The second-order valence-electron chi connectivity index (χ2n) is 8.59. The van der Waals surface area contributed by atoms with Crippen LogP contribution in [0.4, 0.5) is 10.9 Å². The summed E-state index contributed by atoms with van der Waals surface area (Å²) in [4.78, 5) is 24.4. The summed E-state index contributed by atoms with van der Waals surface area (Å²) in [5, 5.41) is 12.0. The molecule has 1 aliphatic heterocycles. The molecule has 4 heterocycles. The maximum Gasteiger partial charge on any atom is 0.223 e. The molecule has 0 saturated carbocycles. The van der Waals surface area contributed by atoms with Crippen LogP contribution in [0.2, 0.25) is 0 Å². The van der Waals surface area contributed by atoms with Crippen LogP contribution in [0.1, 0.15) is 44.0 Å². The number of nitrogens with zero attached hydrogens (tertiary/aromatic N) is 5. The molecule has 3 aromatic heterocycles. The van der Waals surface area contributed by atoms with Crippen molar-refractivity contribution in [3.05, 3.63) is 29.6 Å². The highest BCUT2D eigenvalue weighted by molar-refractivity contribution is 7.19. The Kier molecular flexibility index (Phi) is 5.69. The number of carbonyl (C=O) groups excluding carboxylic acids is 1. The predicted octanol–water partition coefficient (Wildman–Crippen LogP) is 3.82. The van der Waals surface area contributed by atoms with Gasteiger partial charge in [-0.15, -0.1) is 0 Å². The third-order valence-electron chi connectivity index (χ3n) is 6.24. The standard InChI is InChI=1S/C23H29N7OS/c1-4-24-19-8-5-15(13-25-19)20-17-6-7-18-22(32-23(27-18)26-14(2)31)21(17)30(28-20)16-9-11-29(3)12-10-16/h5,8,13,16H,4,6-7,9-12H2,1-3H3,(H,24,25)(H,26,27,31). The molecule has 1 saturated heterocycles. The van der Waals surface area contributed by atoms with Gasteiger partial charge in [0.2, 0.25) is 5.91 Å². The largest absolute Gasteiger partial charge is 0.370 e. The average Bonchev–Trinajstić information content (AvgIpc) is 3.35. The zero-order chi connectivity index (χ0) is 22.2. The van der Waals surface area contributed by atoms with Gasteiger partial charge in [-0.25, -0.2) is 9.97 Å². The number of aromatic nitrogens is 4. The first-order valence-corrected chi connectivity index (χ1v) is 12.1. The highest BCUT2D eigenvalue weighted by Crippen LogP contribution is 2.45. The maximum atomic E-state index is 11.6. The van der Waals surface area contributed by atoms with Crippen LogP contribution in [0.15, 0.2) is 18.3 Å². The van der Waals surface area contributed by atoms with Gasteiger partial charge >= 0.3 is 0 Å². The highest BCUT2D eigenvalue weighted by Gasteiger charge is 2.32. The molecule has 2 aliphatic rings. The molecule has 1 fully saturated rings. The molecule has 9 heteroatoms. The number of fused-ring (bicyclic) bond motifs is 3. The smallest absolute Gasteiger partial charge is 0.223 e. The van der Waals surface area contributed by atoms with Gasteiger partial charge in [0.25, 0.3) is 0 Å². The van der Waals surface area contributed by atoms with Crippen LogP contribution in [0.5, 0.6) is 0 Å². The maximum absolute atomic E-state index is 11.6. The van der Waals surface area contributed by atoms with E-state index in [0.717, 1.165) is 73.0 Å². The molecule has 5 rings (SSSR count). The minimum absolute atomic E-state index is 0.0901. The zero-order valence-electron chi connectivity index (χ0n) is 18.8. The number of likely N-dealkylation sites (tertiary alicyclic amines) is 1. The number of piperidine rings is 1. The van der Waals surface area contributed by atoms with Gasteiger partial charge in [-0.05, 0) is 64.9 Å². The Balaban J connectivity index is 1.60. The number of aryl methyl sites for hydroxylation is 1. The molecular weight excluding hydrogens is 422 g/mol. The van der Waals surface area contributed by atoms with Crippen molar-refractivity contribution in [2.45, 2.75) is 45.6 Å². The molecule has 0 bridgehead atoms. The number of rotatable bonds is 5. The quantitative estimate of drug-likeness (QED) is 0.613. The van der Waals surface area contributed by atoms with Crippen molar-refractivity contribution in [3.8, 4) is 21.8 Å². The van der Waals surface area contributed by atoms with E-state index in [4.69, 9.17) is 10.1 Å². The number of thiazole rings is 1. The van der Waals surface area contributed by atoms with E-state index in [2.05, 4.69) is 45.2 Å². The van der Waals surface area contributed by atoms with Crippen molar-refractivity contribution in [1.82, 2.24) is 24.6 Å². The summed E-state index contributed by atoms with van der Waals surface area (Å²) < 4.78 is 2.25. The van der Waals surface area contributed by atoms with Crippen LogP contribution >= 0.6 is 11.3 Å². The number of pyridine rings is 1. The van der Waals surface area contributed by atoms with Crippen LogP contribution in [0.3, 0.4) is 0 Å². The summed E-state index contributed by atoms with van der Waals surface area (Å²) in [6.07, 6.45) is 5.82. The Hall–Kier alpha value is -2.78. The van der Waals surface area contributed by atoms with Crippen LogP contribution in [-0.2, 0) is 17.6 Å². The van der Waals surface area contributed by atoms with E-state index in [1.54, 1.807) is 11.3 Å². The molecule has 0 spiro atoms. The van der Waals surface area contributed by atoms with E-state index in [9.17, 15) is 4.79 Å². The SMILES string of the molecule is CCNc1ccc(-c2nn(C3CCN(C)CC3)c3c2CCc2nc(NC(C)=O)sc2-3)cn1. The first-order chi connectivity index (χ1) is 15.5. The second kappa shape index (κ2) is 8.63. The fourth-order valence-electron chi connectivity index (χ4n) is 4.66. The summed E-state index contributed by atoms with van der Waals surface area (Å²) in [6, 6.07) is 4.49. The highest BCUT2D eigenvalue weighted by atomic mass is 32.1. The number of nitrogens with one attached hydrogen (secondary N) is 2. The Morgan fingerprint density at radius 2 is 2.06 bits per heavy atom. The lowest BCUT2D eigenvalue weighted by atomic mass is 9.95. The van der Waals surface area contributed by atoms with Gasteiger partial charge in [-0.3, -0.25) is 9.48 Å². The van der Waals surface area contributed by atoms with Gasteiger partial charge in [-0.1, -0.05) is 11.3 Å². The average molecular weight is 452 g/mol. The van der Waals surface area contributed by atoms with Crippen molar-refractivity contribution < 1.29 is 4.79 Å². The molecule has 1 amide bonds.